The van der Waals surface area contributed by atoms with Gasteiger partial charge in [0.1, 0.15) is 6.07 Å². The summed E-state index contributed by atoms with van der Waals surface area (Å²) in [5.74, 6) is -0.297. The Bertz CT molecular complexity index is 1040. The molecule has 2 aromatic rings. The van der Waals surface area contributed by atoms with E-state index in [2.05, 4.69) is 21.2 Å². The molecule has 0 saturated carbocycles. The number of benzene rings is 2. The Morgan fingerprint density at radius 1 is 1.21 bits per heavy atom. The van der Waals surface area contributed by atoms with Gasteiger partial charge in [0.05, 0.1) is 16.5 Å². The van der Waals surface area contributed by atoms with Gasteiger partial charge < -0.3 is 5.32 Å². The fraction of sp³-hybridized carbons (Fsp3) is 0.333. The number of carbonyl (C=O) groups excluding carboxylic acids is 1. The maximum absolute atomic E-state index is 12.9. The van der Waals surface area contributed by atoms with E-state index in [0.29, 0.717) is 12.8 Å². The number of hydrogen-bond acceptors (Lipinski definition) is 4. The van der Waals surface area contributed by atoms with Gasteiger partial charge in [0.25, 0.3) is 0 Å². The summed E-state index contributed by atoms with van der Waals surface area (Å²) < 4.78 is 28.1. The molecule has 0 aromatic heterocycles. The lowest BCUT2D eigenvalue weighted by Crippen LogP contribution is -2.43. The van der Waals surface area contributed by atoms with Crippen molar-refractivity contribution in [3.05, 3.63) is 64.1 Å². The van der Waals surface area contributed by atoms with Gasteiger partial charge in [-0.15, -0.1) is 0 Å². The Labute approximate surface area is 179 Å². The smallest absolute Gasteiger partial charge is 0.244 e. The van der Waals surface area contributed by atoms with E-state index in [9.17, 15) is 18.5 Å². The zero-order valence-electron chi connectivity index (χ0n) is 16.0. The number of sulfonamides is 1. The fourth-order valence-corrected chi connectivity index (χ4v) is 5.50. The van der Waals surface area contributed by atoms with Crippen LogP contribution in [-0.2, 0) is 14.8 Å². The van der Waals surface area contributed by atoms with Gasteiger partial charge in [-0.2, -0.15) is 9.57 Å². The second kappa shape index (κ2) is 9.08. The van der Waals surface area contributed by atoms with Crippen LogP contribution in [0.2, 0.25) is 0 Å². The summed E-state index contributed by atoms with van der Waals surface area (Å²) >= 11 is 3.43. The Balaban J connectivity index is 1.63. The molecule has 8 heteroatoms. The van der Waals surface area contributed by atoms with Gasteiger partial charge in [-0.3, -0.25) is 4.79 Å². The second-order valence-electron chi connectivity index (χ2n) is 7.07. The molecule has 1 aliphatic rings. The standard InChI is InChI=1S/C21H22BrN3O3S/c1-15(17-6-4-7-19(22)13-17)24-21(26)16-9-11-25(12-10-16)29(27,28)20-8-3-2-5-18(20)14-23/h2-8,13,15-16H,9-12H2,1H3,(H,24,26). The predicted molar refractivity (Wildman–Crippen MR) is 113 cm³/mol. The van der Waals surface area contributed by atoms with Crippen LogP contribution in [0, 0.1) is 17.2 Å². The molecule has 1 N–H and O–H groups in total. The lowest BCUT2D eigenvalue weighted by atomic mass is 9.96. The monoisotopic (exact) mass is 475 g/mol. The molecule has 1 amide bonds. The number of nitrogens with zero attached hydrogens (tertiary/aromatic N) is 2. The number of hydrogen-bond donors (Lipinski definition) is 1. The molecule has 1 heterocycles. The lowest BCUT2D eigenvalue weighted by molar-refractivity contribution is -0.126. The highest BCUT2D eigenvalue weighted by atomic mass is 79.9. The van der Waals surface area contributed by atoms with Crippen molar-refractivity contribution in [2.45, 2.75) is 30.7 Å². The second-order valence-corrected chi connectivity index (χ2v) is 9.89. The predicted octanol–water partition coefficient (Wildman–Crippen LogP) is 3.60. The molecule has 2 aromatic carbocycles. The van der Waals surface area contributed by atoms with Crippen LogP contribution < -0.4 is 5.32 Å². The molecular formula is C21H22BrN3O3S. The van der Waals surface area contributed by atoms with E-state index in [1.165, 1.54) is 16.4 Å². The van der Waals surface area contributed by atoms with E-state index >= 15 is 0 Å². The molecule has 152 valence electrons. The van der Waals surface area contributed by atoms with E-state index in [1.807, 2.05) is 37.3 Å². The molecule has 6 nitrogen and oxygen atoms in total. The van der Waals surface area contributed by atoms with Gasteiger partial charge in [-0.05, 0) is 49.6 Å². The van der Waals surface area contributed by atoms with Crippen molar-refractivity contribution in [1.82, 2.24) is 9.62 Å². The Hall–Kier alpha value is -2.21. The highest BCUT2D eigenvalue weighted by molar-refractivity contribution is 9.10. The molecule has 0 aliphatic carbocycles. The first-order valence-electron chi connectivity index (χ1n) is 9.38. The molecule has 0 spiro atoms. The number of piperidine rings is 1. The first-order valence-corrected chi connectivity index (χ1v) is 11.6. The lowest BCUT2D eigenvalue weighted by Gasteiger charge is -2.31. The summed E-state index contributed by atoms with van der Waals surface area (Å²) in [6.45, 7) is 2.44. The summed E-state index contributed by atoms with van der Waals surface area (Å²) in [4.78, 5) is 12.7. The highest BCUT2D eigenvalue weighted by Crippen LogP contribution is 2.26. The highest BCUT2D eigenvalue weighted by Gasteiger charge is 2.33. The maximum atomic E-state index is 12.9. The minimum absolute atomic E-state index is 0.0219. The van der Waals surface area contributed by atoms with Crippen LogP contribution in [0.5, 0.6) is 0 Å². The summed E-state index contributed by atoms with van der Waals surface area (Å²) in [6.07, 6.45) is 0.899. The van der Waals surface area contributed by atoms with E-state index in [1.54, 1.807) is 12.1 Å². The van der Waals surface area contributed by atoms with E-state index in [4.69, 9.17) is 0 Å². The normalized spacial score (nSPS) is 16.7. The average molecular weight is 476 g/mol. The molecule has 1 fully saturated rings. The third-order valence-corrected chi connectivity index (χ3v) is 7.61. The van der Waals surface area contributed by atoms with Crippen LogP contribution in [0.3, 0.4) is 0 Å². The minimum atomic E-state index is -3.75. The van der Waals surface area contributed by atoms with E-state index < -0.39 is 10.0 Å². The number of carbonyl (C=O) groups is 1. The van der Waals surface area contributed by atoms with Crippen molar-refractivity contribution in [1.29, 1.82) is 5.26 Å². The van der Waals surface area contributed by atoms with Crippen LogP contribution in [-0.4, -0.2) is 31.7 Å². The van der Waals surface area contributed by atoms with Gasteiger partial charge >= 0.3 is 0 Å². The third-order valence-electron chi connectivity index (χ3n) is 5.16. The van der Waals surface area contributed by atoms with Gasteiger partial charge in [-0.1, -0.05) is 40.2 Å². The summed E-state index contributed by atoms with van der Waals surface area (Å²) in [5.41, 5.74) is 1.14. The minimum Gasteiger partial charge on any atom is -0.349 e. The van der Waals surface area contributed by atoms with Crippen molar-refractivity contribution in [2.24, 2.45) is 5.92 Å². The van der Waals surface area contributed by atoms with Crippen molar-refractivity contribution >= 4 is 31.9 Å². The number of amides is 1. The molecule has 3 rings (SSSR count). The number of rotatable bonds is 5. The quantitative estimate of drug-likeness (QED) is 0.714. The molecule has 0 radical (unpaired) electrons. The number of halogens is 1. The van der Waals surface area contributed by atoms with Crippen molar-refractivity contribution < 1.29 is 13.2 Å². The maximum Gasteiger partial charge on any atom is 0.244 e. The van der Waals surface area contributed by atoms with Crippen LogP contribution in [0.15, 0.2) is 57.9 Å². The zero-order valence-corrected chi connectivity index (χ0v) is 18.4. The molecule has 29 heavy (non-hydrogen) atoms. The Morgan fingerprint density at radius 3 is 2.55 bits per heavy atom. The molecule has 1 saturated heterocycles. The first-order chi connectivity index (χ1) is 13.8. The summed E-state index contributed by atoms with van der Waals surface area (Å²) in [7, 11) is -3.75. The average Bonchev–Trinajstić information content (AvgIpc) is 2.73. The molecule has 1 aliphatic heterocycles. The van der Waals surface area contributed by atoms with E-state index in [0.717, 1.165) is 10.0 Å². The van der Waals surface area contributed by atoms with Crippen molar-refractivity contribution in [3.63, 3.8) is 0 Å². The fourth-order valence-electron chi connectivity index (χ4n) is 3.47. The molecule has 1 unspecified atom stereocenters. The van der Waals surface area contributed by atoms with Crippen LogP contribution in [0.4, 0.5) is 0 Å². The first kappa shape index (κ1) is 21.5. The van der Waals surface area contributed by atoms with Gasteiger partial charge in [-0.25, -0.2) is 8.42 Å². The van der Waals surface area contributed by atoms with Crippen LogP contribution >= 0.6 is 15.9 Å². The largest absolute Gasteiger partial charge is 0.349 e. The Kier molecular flexibility index (Phi) is 6.73. The van der Waals surface area contributed by atoms with Gasteiger partial charge in [0.15, 0.2) is 0 Å². The molecule has 1 atom stereocenters. The van der Waals surface area contributed by atoms with Gasteiger partial charge in [0, 0.05) is 23.5 Å². The van der Waals surface area contributed by atoms with Crippen molar-refractivity contribution in [2.75, 3.05) is 13.1 Å². The Morgan fingerprint density at radius 2 is 1.90 bits per heavy atom. The van der Waals surface area contributed by atoms with E-state index in [-0.39, 0.29) is 41.4 Å². The SMILES string of the molecule is CC(NC(=O)C1CCN(S(=O)(=O)c2ccccc2C#N)CC1)c1cccc(Br)c1. The zero-order chi connectivity index (χ0) is 21.0. The third kappa shape index (κ3) is 4.86. The molecular weight excluding hydrogens is 454 g/mol. The molecule has 0 bridgehead atoms. The number of nitrogens with one attached hydrogen (secondary N) is 1. The van der Waals surface area contributed by atoms with Crippen LogP contribution in [0.1, 0.15) is 36.9 Å². The summed E-state index contributed by atoms with van der Waals surface area (Å²) in [6, 6.07) is 15.8. The van der Waals surface area contributed by atoms with Gasteiger partial charge in [0.2, 0.25) is 15.9 Å². The topological polar surface area (TPSA) is 90.3 Å². The van der Waals surface area contributed by atoms with Crippen LogP contribution in [0.25, 0.3) is 0 Å². The summed E-state index contributed by atoms with van der Waals surface area (Å²) in [5, 5.41) is 12.2. The number of nitriles is 1. The van der Waals surface area contributed by atoms with Crippen molar-refractivity contribution in [3.8, 4) is 6.07 Å².